The molecule has 3 aromatic rings. The molecule has 1 amide bonds. The first-order valence-electron chi connectivity index (χ1n) is 9.44. The number of rotatable bonds is 7. The van der Waals surface area contributed by atoms with E-state index in [0.717, 1.165) is 5.56 Å². The first-order chi connectivity index (χ1) is 15.8. The zero-order valence-corrected chi connectivity index (χ0v) is 21.0. The lowest BCUT2D eigenvalue weighted by Crippen LogP contribution is -2.13. The normalized spacial score (nSPS) is 11.0. The predicted octanol–water partition coefficient (Wildman–Crippen LogP) is 7.54. The summed E-state index contributed by atoms with van der Waals surface area (Å²) in [6.45, 7) is 0.227. The van der Waals surface area contributed by atoms with Crippen LogP contribution < -0.4 is 14.8 Å². The van der Waals surface area contributed by atoms with Crippen LogP contribution >= 0.6 is 50.7 Å². The monoisotopic (exact) mass is 564 g/mol. The van der Waals surface area contributed by atoms with Crippen molar-refractivity contribution in [3.8, 4) is 17.6 Å². The van der Waals surface area contributed by atoms with Crippen molar-refractivity contribution in [2.24, 2.45) is 0 Å². The summed E-state index contributed by atoms with van der Waals surface area (Å²) in [6.07, 6.45) is 1.45. The van der Waals surface area contributed by atoms with E-state index in [-0.39, 0.29) is 12.2 Å². The zero-order chi connectivity index (χ0) is 24.0. The van der Waals surface area contributed by atoms with E-state index in [0.29, 0.717) is 42.3 Å². The van der Waals surface area contributed by atoms with Gasteiger partial charge in [-0.05, 0) is 69.5 Å². The molecule has 0 aliphatic heterocycles. The van der Waals surface area contributed by atoms with Gasteiger partial charge in [0.1, 0.15) is 18.2 Å². The van der Waals surface area contributed by atoms with Crippen LogP contribution in [0.5, 0.6) is 11.5 Å². The number of amides is 1. The molecule has 3 rings (SSSR count). The molecule has 168 valence electrons. The van der Waals surface area contributed by atoms with Gasteiger partial charge in [0.2, 0.25) is 0 Å². The summed E-state index contributed by atoms with van der Waals surface area (Å²) in [5, 5.41) is 13.4. The Balaban J connectivity index is 1.83. The third-order valence-corrected chi connectivity index (χ3v) is 6.07. The summed E-state index contributed by atoms with van der Waals surface area (Å²) in [6, 6.07) is 17.3. The van der Waals surface area contributed by atoms with Gasteiger partial charge >= 0.3 is 0 Å². The number of benzene rings is 3. The quantitative estimate of drug-likeness (QED) is 0.237. The van der Waals surface area contributed by atoms with Crippen molar-refractivity contribution in [2.75, 3.05) is 12.4 Å². The Morgan fingerprint density at radius 2 is 1.85 bits per heavy atom. The molecule has 0 spiro atoms. The average molecular weight is 567 g/mol. The average Bonchev–Trinajstić information content (AvgIpc) is 2.80. The largest absolute Gasteiger partial charge is 0.493 e. The molecule has 0 saturated heterocycles. The van der Waals surface area contributed by atoms with Crippen molar-refractivity contribution in [1.29, 1.82) is 5.26 Å². The number of nitrogens with one attached hydrogen (secondary N) is 1. The molecular formula is C24H16BrCl3N2O3. The number of nitrogens with zero attached hydrogens (tertiary/aromatic N) is 1. The van der Waals surface area contributed by atoms with Gasteiger partial charge in [-0.25, -0.2) is 0 Å². The highest BCUT2D eigenvalue weighted by Gasteiger charge is 2.15. The fourth-order valence-electron chi connectivity index (χ4n) is 2.82. The maximum absolute atomic E-state index is 12.6. The van der Waals surface area contributed by atoms with Crippen molar-refractivity contribution in [3.05, 3.63) is 90.8 Å². The van der Waals surface area contributed by atoms with Gasteiger partial charge in [0.05, 0.1) is 32.3 Å². The van der Waals surface area contributed by atoms with Gasteiger partial charge in [-0.3, -0.25) is 4.79 Å². The van der Waals surface area contributed by atoms with Crippen LogP contribution in [0.2, 0.25) is 15.1 Å². The predicted molar refractivity (Wildman–Crippen MR) is 135 cm³/mol. The lowest BCUT2D eigenvalue weighted by molar-refractivity contribution is -0.112. The van der Waals surface area contributed by atoms with Crippen LogP contribution in [-0.4, -0.2) is 13.0 Å². The molecule has 0 unspecified atom stereocenters. The second-order valence-electron chi connectivity index (χ2n) is 6.68. The van der Waals surface area contributed by atoms with Crippen LogP contribution in [0.25, 0.3) is 6.08 Å². The fraction of sp³-hybridized carbons (Fsp3) is 0.0833. The van der Waals surface area contributed by atoms with Gasteiger partial charge < -0.3 is 14.8 Å². The van der Waals surface area contributed by atoms with E-state index < -0.39 is 5.91 Å². The minimum Gasteiger partial charge on any atom is -0.493 e. The number of hydrogen-bond acceptors (Lipinski definition) is 4. The molecule has 0 aliphatic carbocycles. The van der Waals surface area contributed by atoms with Crippen LogP contribution in [0.3, 0.4) is 0 Å². The second kappa shape index (κ2) is 11.4. The molecule has 0 aliphatic rings. The van der Waals surface area contributed by atoms with Crippen molar-refractivity contribution in [1.82, 2.24) is 0 Å². The lowest BCUT2D eigenvalue weighted by Gasteiger charge is -2.14. The smallest absolute Gasteiger partial charge is 0.266 e. The van der Waals surface area contributed by atoms with Crippen molar-refractivity contribution >= 4 is 68.4 Å². The number of methoxy groups -OCH3 is 1. The number of carbonyl (C=O) groups excluding carboxylic acids is 1. The molecule has 33 heavy (non-hydrogen) atoms. The number of halogens is 4. The summed E-state index contributed by atoms with van der Waals surface area (Å²) in [5.74, 6) is 0.292. The van der Waals surface area contributed by atoms with Gasteiger partial charge in [0, 0.05) is 0 Å². The number of para-hydroxylation sites is 1. The SMILES string of the molecule is COc1cc(/C=C(\C#N)C(=O)Nc2ccccc2Cl)cc(Br)c1OCc1ccc(Cl)c(Cl)c1. The Hall–Kier alpha value is -2.69. The molecule has 1 N–H and O–H groups in total. The van der Waals surface area contributed by atoms with Crippen LogP contribution in [0.1, 0.15) is 11.1 Å². The molecule has 9 heteroatoms. The Morgan fingerprint density at radius 1 is 1.09 bits per heavy atom. The lowest BCUT2D eigenvalue weighted by atomic mass is 10.1. The third-order valence-electron chi connectivity index (χ3n) is 4.42. The van der Waals surface area contributed by atoms with E-state index >= 15 is 0 Å². The number of nitriles is 1. The number of anilines is 1. The number of carbonyl (C=O) groups is 1. The van der Waals surface area contributed by atoms with Gasteiger partial charge in [-0.15, -0.1) is 0 Å². The van der Waals surface area contributed by atoms with E-state index in [1.807, 2.05) is 12.1 Å². The number of hydrogen-bond donors (Lipinski definition) is 1. The molecule has 0 radical (unpaired) electrons. The molecule has 0 aromatic heterocycles. The first kappa shape index (κ1) is 24.9. The summed E-state index contributed by atoms with van der Waals surface area (Å²) in [7, 11) is 1.50. The summed E-state index contributed by atoms with van der Waals surface area (Å²) < 4.78 is 11.9. The minimum atomic E-state index is -0.583. The Kier molecular flexibility index (Phi) is 8.65. The van der Waals surface area contributed by atoms with E-state index in [4.69, 9.17) is 44.3 Å². The fourth-order valence-corrected chi connectivity index (χ4v) is 3.89. The molecule has 0 heterocycles. The van der Waals surface area contributed by atoms with Gasteiger partial charge in [0.25, 0.3) is 5.91 Å². The van der Waals surface area contributed by atoms with Crippen LogP contribution in [0.4, 0.5) is 5.69 Å². The zero-order valence-electron chi connectivity index (χ0n) is 17.2. The Labute approximate surface area is 214 Å². The maximum atomic E-state index is 12.6. The van der Waals surface area contributed by atoms with Crippen LogP contribution in [0, 0.1) is 11.3 Å². The molecule has 0 saturated carbocycles. The first-order valence-corrected chi connectivity index (χ1v) is 11.4. The topological polar surface area (TPSA) is 71.3 Å². The highest BCUT2D eigenvalue weighted by Crippen LogP contribution is 2.38. The standard InChI is InChI=1S/C24H16BrCl3N2O3/c1-32-22-11-15(8-16(12-29)24(31)30-21-5-3-2-4-19(21)27)9-17(25)23(22)33-13-14-6-7-18(26)20(28)10-14/h2-11H,13H2,1H3,(H,30,31)/b16-8+. The van der Waals surface area contributed by atoms with Gasteiger partial charge in [0.15, 0.2) is 11.5 Å². The van der Waals surface area contributed by atoms with Crippen molar-refractivity contribution in [3.63, 3.8) is 0 Å². The molecule has 3 aromatic carbocycles. The summed E-state index contributed by atoms with van der Waals surface area (Å²) >= 11 is 21.6. The third kappa shape index (κ3) is 6.43. The van der Waals surface area contributed by atoms with Crippen molar-refractivity contribution in [2.45, 2.75) is 6.61 Å². The molecule has 5 nitrogen and oxygen atoms in total. The van der Waals surface area contributed by atoms with E-state index in [1.54, 1.807) is 48.5 Å². The minimum absolute atomic E-state index is 0.103. The molecule has 0 fully saturated rings. The van der Waals surface area contributed by atoms with Crippen LogP contribution in [0.15, 0.2) is 64.6 Å². The Morgan fingerprint density at radius 3 is 2.52 bits per heavy atom. The van der Waals surface area contributed by atoms with E-state index in [2.05, 4.69) is 21.2 Å². The van der Waals surface area contributed by atoms with Crippen LogP contribution in [-0.2, 0) is 11.4 Å². The second-order valence-corrected chi connectivity index (χ2v) is 8.75. The molecule has 0 bridgehead atoms. The van der Waals surface area contributed by atoms with E-state index in [9.17, 15) is 10.1 Å². The number of ether oxygens (including phenoxy) is 2. The van der Waals surface area contributed by atoms with Gasteiger partial charge in [-0.1, -0.05) is 53.0 Å². The highest BCUT2D eigenvalue weighted by molar-refractivity contribution is 9.10. The molecule has 0 atom stereocenters. The maximum Gasteiger partial charge on any atom is 0.266 e. The van der Waals surface area contributed by atoms with Crippen molar-refractivity contribution < 1.29 is 14.3 Å². The van der Waals surface area contributed by atoms with E-state index in [1.165, 1.54) is 13.2 Å². The highest BCUT2D eigenvalue weighted by atomic mass is 79.9. The van der Waals surface area contributed by atoms with Gasteiger partial charge in [-0.2, -0.15) is 5.26 Å². The molecular weight excluding hydrogens is 551 g/mol. The summed E-state index contributed by atoms with van der Waals surface area (Å²) in [4.78, 5) is 12.6. The Bertz CT molecular complexity index is 1270. The summed E-state index contributed by atoms with van der Waals surface area (Å²) in [5.41, 5.74) is 1.69.